The lowest BCUT2D eigenvalue weighted by Crippen LogP contribution is -2.02. The maximum absolute atomic E-state index is 10.2. The molecule has 0 aliphatic carbocycles. The van der Waals surface area contributed by atoms with E-state index in [0.717, 1.165) is 28.4 Å². The van der Waals surface area contributed by atoms with E-state index in [1.807, 2.05) is 44.2 Å². The van der Waals surface area contributed by atoms with Crippen molar-refractivity contribution >= 4 is 0 Å². The van der Waals surface area contributed by atoms with Crippen molar-refractivity contribution in [2.24, 2.45) is 0 Å². The third-order valence-corrected chi connectivity index (χ3v) is 3.03. The molecule has 2 aromatic rings. The van der Waals surface area contributed by atoms with Gasteiger partial charge in [0.15, 0.2) is 0 Å². The van der Waals surface area contributed by atoms with E-state index in [1.54, 1.807) is 7.11 Å². The van der Waals surface area contributed by atoms with E-state index >= 15 is 0 Å². The summed E-state index contributed by atoms with van der Waals surface area (Å²) in [5.41, 5.74) is 1.94. The maximum atomic E-state index is 10.2. The molecular weight excluding hydrogens is 228 g/mol. The van der Waals surface area contributed by atoms with Crippen molar-refractivity contribution in [1.29, 1.82) is 0 Å². The molecule has 0 amide bonds. The molecule has 1 atom stereocenters. The van der Waals surface area contributed by atoms with E-state index in [1.165, 1.54) is 0 Å². The molecule has 0 fully saturated rings. The topological polar surface area (TPSA) is 42.6 Å². The summed E-state index contributed by atoms with van der Waals surface area (Å²) >= 11 is 0. The van der Waals surface area contributed by atoms with Gasteiger partial charge < -0.3 is 14.3 Å². The van der Waals surface area contributed by atoms with E-state index in [4.69, 9.17) is 9.15 Å². The minimum atomic E-state index is -0.532. The second kappa shape index (κ2) is 5.27. The molecule has 18 heavy (non-hydrogen) atoms. The van der Waals surface area contributed by atoms with Crippen LogP contribution in [0.3, 0.4) is 0 Å². The fraction of sp³-hybridized carbons (Fsp3) is 0.333. The number of aliphatic hydroxyl groups excluding tert-OH is 1. The molecule has 2 rings (SSSR count). The molecule has 0 saturated heterocycles. The highest BCUT2D eigenvalue weighted by atomic mass is 16.5. The van der Waals surface area contributed by atoms with Gasteiger partial charge in [0.1, 0.15) is 17.3 Å². The third kappa shape index (κ3) is 2.74. The predicted octanol–water partition coefficient (Wildman–Crippen LogP) is 3.18. The summed E-state index contributed by atoms with van der Waals surface area (Å²) in [5, 5.41) is 10.2. The Kier molecular flexibility index (Phi) is 3.72. The van der Waals surface area contributed by atoms with Gasteiger partial charge in [-0.25, -0.2) is 0 Å². The number of furan rings is 1. The Bertz CT molecular complexity index is 511. The molecule has 3 heteroatoms. The number of aliphatic hydroxyl groups is 1. The Hall–Kier alpha value is -1.74. The van der Waals surface area contributed by atoms with Crippen LogP contribution in [0, 0.1) is 13.8 Å². The van der Waals surface area contributed by atoms with Crippen molar-refractivity contribution in [3.63, 3.8) is 0 Å². The number of ether oxygens (including phenoxy) is 1. The first-order valence-corrected chi connectivity index (χ1v) is 5.98. The monoisotopic (exact) mass is 246 g/mol. The molecular formula is C15H18O3. The van der Waals surface area contributed by atoms with E-state index in [0.29, 0.717) is 6.42 Å². The van der Waals surface area contributed by atoms with Crippen LogP contribution in [0.25, 0.3) is 0 Å². The number of hydrogen-bond donors (Lipinski definition) is 1. The molecule has 1 heterocycles. The van der Waals surface area contributed by atoms with Crippen molar-refractivity contribution in [2.75, 3.05) is 7.11 Å². The standard InChI is InChI=1S/C15H18O3/c1-10-8-14(11(2)18-10)15(16)9-12-4-6-13(17-3)7-5-12/h4-8,15-16H,9H2,1-3H3. The molecule has 1 aromatic carbocycles. The molecule has 96 valence electrons. The van der Waals surface area contributed by atoms with Crippen LogP contribution < -0.4 is 4.74 Å². The summed E-state index contributed by atoms with van der Waals surface area (Å²) in [6.45, 7) is 3.76. The van der Waals surface area contributed by atoms with Crippen molar-refractivity contribution < 1.29 is 14.3 Å². The van der Waals surface area contributed by atoms with E-state index in [9.17, 15) is 5.11 Å². The smallest absolute Gasteiger partial charge is 0.118 e. The SMILES string of the molecule is COc1ccc(CC(O)c2cc(C)oc2C)cc1. The first-order chi connectivity index (χ1) is 8.60. The van der Waals surface area contributed by atoms with Gasteiger partial charge in [-0.05, 0) is 37.6 Å². The summed E-state index contributed by atoms with van der Waals surface area (Å²) in [7, 11) is 1.64. The van der Waals surface area contributed by atoms with Crippen molar-refractivity contribution in [3.8, 4) is 5.75 Å². The Morgan fingerprint density at radius 2 is 1.89 bits per heavy atom. The van der Waals surface area contributed by atoms with Gasteiger partial charge in [0.05, 0.1) is 13.2 Å². The molecule has 1 N–H and O–H groups in total. The Morgan fingerprint density at radius 3 is 2.39 bits per heavy atom. The first kappa shape index (κ1) is 12.7. The van der Waals surface area contributed by atoms with E-state index < -0.39 is 6.10 Å². The maximum Gasteiger partial charge on any atom is 0.118 e. The highest BCUT2D eigenvalue weighted by Gasteiger charge is 2.14. The zero-order valence-corrected chi connectivity index (χ0v) is 10.9. The lowest BCUT2D eigenvalue weighted by Gasteiger charge is -2.10. The zero-order chi connectivity index (χ0) is 13.1. The largest absolute Gasteiger partial charge is 0.497 e. The van der Waals surface area contributed by atoms with Gasteiger partial charge in [0, 0.05) is 12.0 Å². The summed E-state index contributed by atoms with van der Waals surface area (Å²) in [4.78, 5) is 0. The number of hydrogen-bond acceptors (Lipinski definition) is 3. The summed E-state index contributed by atoms with van der Waals surface area (Å²) < 4.78 is 10.5. The van der Waals surface area contributed by atoms with Gasteiger partial charge in [0.25, 0.3) is 0 Å². The van der Waals surface area contributed by atoms with Gasteiger partial charge in [-0.1, -0.05) is 12.1 Å². The third-order valence-electron chi connectivity index (χ3n) is 3.03. The molecule has 1 aromatic heterocycles. The van der Waals surface area contributed by atoms with Gasteiger partial charge in [-0.2, -0.15) is 0 Å². The molecule has 1 unspecified atom stereocenters. The normalized spacial score (nSPS) is 12.4. The van der Waals surface area contributed by atoms with E-state index in [2.05, 4.69) is 0 Å². The fourth-order valence-corrected chi connectivity index (χ4v) is 2.08. The van der Waals surface area contributed by atoms with Crippen LogP contribution >= 0.6 is 0 Å². The van der Waals surface area contributed by atoms with Crippen LogP contribution in [0.1, 0.15) is 28.8 Å². The molecule has 0 aliphatic heterocycles. The summed E-state index contributed by atoms with van der Waals surface area (Å²) in [6.07, 6.45) is 0.0416. The average molecular weight is 246 g/mol. The van der Waals surface area contributed by atoms with Crippen LogP contribution in [0.4, 0.5) is 0 Å². The molecule has 0 spiro atoms. The zero-order valence-electron chi connectivity index (χ0n) is 10.9. The van der Waals surface area contributed by atoms with Crippen molar-refractivity contribution in [1.82, 2.24) is 0 Å². The van der Waals surface area contributed by atoms with Crippen molar-refractivity contribution in [2.45, 2.75) is 26.4 Å². The summed E-state index contributed by atoms with van der Waals surface area (Å²) in [6, 6.07) is 9.61. The molecule has 3 nitrogen and oxygen atoms in total. The van der Waals surface area contributed by atoms with Gasteiger partial charge in [-0.3, -0.25) is 0 Å². The van der Waals surface area contributed by atoms with Crippen LogP contribution in [-0.4, -0.2) is 12.2 Å². The van der Waals surface area contributed by atoms with Crippen molar-refractivity contribution in [3.05, 3.63) is 53.0 Å². The number of benzene rings is 1. The van der Waals surface area contributed by atoms with Crippen LogP contribution in [-0.2, 0) is 6.42 Å². The minimum absolute atomic E-state index is 0.532. The second-order valence-corrected chi connectivity index (χ2v) is 4.44. The van der Waals surface area contributed by atoms with Crippen LogP contribution in [0.5, 0.6) is 5.75 Å². The first-order valence-electron chi connectivity index (χ1n) is 5.98. The number of aryl methyl sites for hydroxylation is 2. The Balaban J connectivity index is 2.10. The number of rotatable bonds is 4. The van der Waals surface area contributed by atoms with E-state index in [-0.39, 0.29) is 0 Å². The number of methoxy groups -OCH3 is 1. The second-order valence-electron chi connectivity index (χ2n) is 4.44. The van der Waals surface area contributed by atoms with Gasteiger partial charge in [-0.15, -0.1) is 0 Å². The molecule has 0 aliphatic rings. The molecule has 0 radical (unpaired) electrons. The Labute approximate surface area is 107 Å². The van der Waals surface area contributed by atoms with Crippen LogP contribution in [0.15, 0.2) is 34.7 Å². The Morgan fingerprint density at radius 1 is 1.22 bits per heavy atom. The minimum Gasteiger partial charge on any atom is -0.497 e. The van der Waals surface area contributed by atoms with Crippen LogP contribution in [0.2, 0.25) is 0 Å². The fourth-order valence-electron chi connectivity index (χ4n) is 2.08. The predicted molar refractivity (Wildman–Crippen MR) is 69.8 cm³/mol. The quantitative estimate of drug-likeness (QED) is 0.901. The lowest BCUT2D eigenvalue weighted by molar-refractivity contribution is 0.176. The van der Waals surface area contributed by atoms with Gasteiger partial charge in [0.2, 0.25) is 0 Å². The molecule has 0 bridgehead atoms. The van der Waals surface area contributed by atoms with Gasteiger partial charge >= 0.3 is 0 Å². The lowest BCUT2D eigenvalue weighted by atomic mass is 10.0. The highest BCUT2D eigenvalue weighted by molar-refractivity contribution is 5.30. The highest BCUT2D eigenvalue weighted by Crippen LogP contribution is 2.25. The average Bonchev–Trinajstić information content (AvgIpc) is 2.69. The summed E-state index contributed by atoms with van der Waals surface area (Å²) in [5.74, 6) is 2.44. The molecule has 0 saturated carbocycles.